The van der Waals surface area contributed by atoms with Crippen molar-refractivity contribution in [2.45, 2.75) is 47.0 Å². The van der Waals surface area contributed by atoms with E-state index in [0.29, 0.717) is 5.41 Å². The predicted molar refractivity (Wildman–Crippen MR) is 72.1 cm³/mol. The van der Waals surface area contributed by atoms with Crippen molar-refractivity contribution in [2.24, 2.45) is 5.41 Å². The van der Waals surface area contributed by atoms with Crippen molar-refractivity contribution in [1.82, 2.24) is 10.3 Å². The van der Waals surface area contributed by atoms with E-state index < -0.39 is 0 Å². The van der Waals surface area contributed by atoms with E-state index >= 15 is 0 Å². The Morgan fingerprint density at radius 3 is 2.75 bits per heavy atom. The second-order valence-corrected chi connectivity index (χ2v) is 6.14. The van der Waals surface area contributed by atoms with Crippen LogP contribution in [0.5, 0.6) is 0 Å². The van der Waals surface area contributed by atoms with E-state index in [-0.39, 0.29) is 0 Å². The van der Waals surface area contributed by atoms with Crippen molar-refractivity contribution in [3.63, 3.8) is 0 Å². The number of thiazole rings is 1. The minimum Gasteiger partial charge on any atom is -0.316 e. The van der Waals surface area contributed by atoms with Gasteiger partial charge < -0.3 is 5.32 Å². The minimum atomic E-state index is 0.381. The van der Waals surface area contributed by atoms with Crippen LogP contribution in [-0.4, -0.2) is 18.1 Å². The third-order valence-electron chi connectivity index (χ3n) is 2.90. The second-order valence-electron chi connectivity index (χ2n) is 5.20. The van der Waals surface area contributed by atoms with Gasteiger partial charge in [-0.25, -0.2) is 4.98 Å². The van der Waals surface area contributed by atoms with Crippen LogP contribution < -0.4 is 5.32 Å². The standard InChI is InChI=1S/C13H24N2S/c1-5-8-14-9-13(3,4)7-6-12-11(2)15-10-16-12/h10,14H,5-9H2,1-4H3. The first-order valence-electron chi connectivity index (χ1n) is 6.15. The van der Waals surface area contributed by atoms with Gasteiger partial charge in [-0.05, 0) is 38.1 Å². The molecule has 0 aliphatic rings. The fourth-order valence-electron chi connectivity index (χ4n) is 1.71. The van der Waals surface area contributed by atoms with Gasteiger partial charge >= 0.3 is 0 Å². The van der Waals surface area contributed by atoms with Gasteiger partial charge in [0, 0.05) is 11.4 Å². The molecule has 0 fully saturated rings. The molecule has 0 bridgehead atoms. The summed E-state index contributed by atoms with van der Waals surface area (Å²) in [5, 5.41) is 3.51. The number of rotatable bonds is 7. The van der Waals surface area contributed by atoms with Crippen molar-refractivity contribution >= 4 is 11.3 Å². The van der Waals surface area contributed by atoms with Gasteiger partial charge in [-0.15, -0.1) is 11.3 Å². The van der Waals surface area contributed by atoms with Gasteiger partial charge in [0.2, 0.25) is 0 Å². The maximum atomic E-state index is 4.30. The Morgan fingerprint density at radius 1 is 1.44 bits per heavy atom. The van der Waals surface area contributed by atoms with Gasteiger partial charge in [0.05, 0.1) is 11.2 Å². The smallest absolute Gasteiger partial charge is 0.0797 e. The maximum Gasteiger partial charge on any atom is 0.0797 e. The molecule has 1 N–H and O–H groups in total. The quantitative estimate of drug-likeness (QED) is 0.739. The molecule has 1 aromatic rings. The highest BCUT2D eigenvalue weighted by Crippen LogP contribution is 2.24. The predicted octanol–water partition coefficient (Wildman–Crippen LogP) is 3.41. The van der Waals surface area contributed by atoms with E-state index in [9.17, 15) is 0 Å². The minimum absolute atomic E-state index is 0.381. The van der Waals surface area contributed by atoms with Crippen molar-refractivity contribution in [3.8, 4) is 0 Å². The summed E-state index contributed by atoms with van der Waals surface area (Å²) in [5.41, 5.74) is 3.54. The van der Waals surface area contributed by atoms with Crippen molar-refractivity contribution < 1.29 is 0 Å². The summed E-state index contributed by atoms with van der Waals surface area (Å²) in [6.07, 6.45) is 3.61. The Kier molecular flexibility index (Phi) is 5.42. The third kappa shape index (κ3) is 4.62. The van der Waals surface area contributed by atoms with Crippen LogP contribution in [0, 0.1) is 12.3 Å². The molecule has 2 nitrogen and oxygen atoms in total. The fraction of sp³-hybridized carbons (Fsp3) is 0.769. The highest BCUT2D eigenvalue weighted by atomic mass is 32.1. The summed E-state index contributed by atoms with van der Waals surface area (Å²) in [4.78, 5) is 5.74. The Morgan fingerprint density at radius 2 is 2.19 bits per heavy atom. The fourth-order valence-corrected chi connectivity index (χ4v) is 2.49. The molecule has 0 aliphatic heterocycles. The molecule has 0 saturated carbocycles. The second kappa shape index (κ2) is 6.36. The van der Waals surface area contributed by atoms with Crippen molar-refractivity contribution in [3.05, 3.63) is 16.1 Å². The summed E-state index contributed by atoms with van der Waals surface area (Å²) in [6.45, 7) is 11.2. The first-order valence-corrected chi connectivity index (χ1v) is 7.03. The summed E-state index contributed by atoms with van der Waals surface area (Å²) in [6, 6.07) is 0. The van der Waals surface area contributed by atoms with Gasteiger partial charge in [-0.2, -0.15) is 0 Å². The Bertz CT molecular complexity index is 305. The molecule has 3 heteroatoms. The number of hydrogen-bond acceptors (Lipinski definition) is 3. The van der Waals surface area contributed by atoms with Gasteiger partial charge in [0.25, 0.3) is 0 Å². The van der Waals surface area contributed by atoms with E-state index in [1.165, 1.54) is 23.4 Å². The zero-order chi connectivity index (χ0) is 12.0. The van der Waals surface area contributed by atoms with Crippen LogP contribution in [0.15, 0.2) is 5.51 Å². The van der Waals surface area contributed by atoms with Crippen molar-refractivity contribution in [1.29, 1.82) is 0 Å². The highest BCUT2D eigenvalue weighted by molar-refractivity contribution is 7.09. The summed E-state index contributed by atoms with van der Waals surface area (Å²) in [7, 11) is 0. The topological polar surface area (TPSA) is 24.9 Å². The lowest BCUT2D eigenvalue weighted by Gasteiger charge is -2.24. The van der Waals surface area contributed by atoms with E-state index in [0.717, 1.165) is 19.5 Å². The van der Waals surface area contributed by atoms with Crippen LogP contribution >= 0.6 is 11.3 Å². The lowest BCUT2D eigenvalue weighted by atomic mass is 9.87. The van der Waals surface area contributed by atoms with E-state index in [1.807, 2.05) is 5.51 Å². The normalized spacial score (nSPS) is 12.0. The van der Waals surface area contributed by atoms with Gasteiger partial charge in [0.1, 0.15) is 0 Å². The van der Waals surface area contributed by atoms with Gasteiger partial charge in [0.15, 0.2) is 0 Å². The van der Waals surface area contributed by atoms with Crippen LogP contribution in [0.2, 0.25) is 0 Å². The lowest BCUT2D eigenvalue weighted by molar-refractivity contribution is 0.316. The van der Waals surface area contributed by atoms with Gasteiger partial charge in [-0.1, -0.05) is 20.8 Å². The van der Waals surface area contributed by atoms with E-state index in [4.69, 9.17) is 0 Å². The summed E-state index contributed by atoms with van der Waals surface area (Å²) in [5.74, 6) is 0. The molecule has 0 saturated heterocycles. The molecule has 0 aromatic carbocycles. The molecular formula is C13H24N2S. The highest BCUT2D eigenvalue weighted by Gasteiger charge is 2.17. The lowest BCUT2D eigenvalue weighted by Crippen LogP contribution is -2.30. The Balaban J connectivity index is 2.33. The largest absolute Gasteiger partial charge is 0.316 e. The number of nitrogens with one attached hydrogen (secondary N) is 1. The Hall–Kier alpha value is -0.410. The first-order chi connectivity index (χ1) is 7.55. The average Bonchev–Trinajstić information content (AvgIpc) is 2.62. The molecule has 16 heavy (non-hydrogen) atoms. The van der Waals surface area contributed by atoms with Crippen molar-refractivity contribution in [2.75, 3.05) is 13.1 Å². The molecule has 0 unspecified atom stereocenters. The van der Waals surface area contributed by atoms with E-state index in [1.54, 1.807) is 11.3 Å². The number of aryl methyl sites for hydroxylation is 2. The zero-order valence-corrected chi connectivity index (χ0v) is 11.8. The average molecular weight is 240 g/mol. The van der Waals surface area contributed by atoms with Crippen LogP contribution in [0.25, 0.3) is 0 Å². The molecule has 1 heterocycles. The van der Waals surface area contributed by atoms with Gasteiger partial charge in [-0.3, -0.25) is 0 Å². The number of aromatic nitrogens is 1. The molecule has 0 radical (unpaired) electrons. The molecule has 0 spiro atoms. The molecular weight excluding hydrogens is 216 g/mol. The molecule has 1 aromatic heterocycles. The van der Waals surface area contributed by atoms with E-state index in [2.05, 4.69) is 38.0 Å². The molecule has 1 rings (SSSR count). The molecule has 0 atom stereocenters. The third-order valence-corrected chi connectivity index (χ3v) is 3.90. The van der Waals surface area contributed by atoms with Crippen LogP contribution in [0.3, 0.4) is 0 Å². The SMILES string of the molecule is CCCNCC(C)(C)CCc1scnc1C. The zero-order valence-electron chi connectivity index (χ0n) is 11.0. The van der Waals surface area contributed by atoms with Crippen LogP contribution in [0.4, 0.5) is 0 Å². The Labute approximate surface area is 103 Å². The maximum absolute atomic E-state index is 4.30. The number of hydrogen-bond donors (Lipinski definition) is 1. The molecule has 0 amide bonds. The summed E-state index contributed by atoms with van der Waals surface area (Å²) >= 11 is 1.79. The molecule has 92 valence electrons. The first kappa shape index (κ1) is 13.7. The van der Waals surface area contributed by atoms with Crippen LogP contribution in [0.1, 0.15) is 44.2 Å². The van der Waals surface area contributed by atoms with Crippen LogP contribution in [-0.2, 0) is 6.42 Å². The molecule has 0 aliphatic carbocycles. The summed E-state index contributed by atoms with van der Waals surface area (Å²) < 4.78 is 0. The monoisotopic (exact) mass is 240 g/mol. The number of nitrogens with zero attached hydrogens (tertiary/aromatic N) is 1.